The Morgan fingerprint density at radius 2 is 1.76 bits per heavy atom. The molecule has 0 amide bonds. The van der Waals surface area contributed by atoms with Crippen molar-refractivity contribution < 1.29 is 27.8 Å². The van der Waals surface area contributed by atoms with E-state index in [9.17, 15) is 18.4 Å². The zero-order valence-electron chi connectivity index (χ0n) is 16.3. The molecule has 0 aliphatic carbocycles. The second-order valence-electron chi connectivity index (χ2n) is 6.08. The first kappa shape index (κ1) is 24.5. The van der Waals surface area contributed by atoms with Gasteiger partial charge in [0.25, 0.3) is 0 Å². The maximum Gasteiger partial charge on any atom is 0.338 e. The standard InChI is InChI=1S/C21H23F2NO4.ClH/c1-3-24(4-2)10-11-27-21(26)16-6-5-7-18(12-16)28-20(25)13-15-8-9-17(22)14-19(15)23;/h5-9,12,14H,3-4,10-11,13H2,1-2H3;1H. The molecule has 0 aromatic heterocycles. The van der Waals surface area contributed by atoms with Gasteiger partial charge < -0.3 is 14.4 Å². The summed E-state index contributed by atoms with van der Waals surface area (Å²) in [7, 11) is 0. The highest BCUT2D eigenvalue weighted by molar-refractivity contribution is 5.90. The zero-order chi connectivity index (χ0) is 20.5. The van der Waals surface area contributed by atoms with Crippen LogP contribution < -0.4 is 4.74 Å². The normalized spacial score (nSPS) is 10.4. The number of halogens is 3. The SMILES string of the molecule is CCN(CC)CCOC(=O)c1cccc(OC(=O)Cc2ccc(F)cc2F)c1.Cl. The van der Waals surface area contributed by atoms with Gasteiger partial charge >= 0.3 is 11.9 Å². The average molecular weight is 428 g/mol. The van der Waals surface area contributed by atoms with Crippen LogP contribution in [0.4, 0.5) is 8.78 Å². The minimum Gasteiger partial charge on any atom is -0.461 e. The summed E-state index contributed by atoms with van der Waals surface area (Å²) in [6.07, 6.45) is -0.356. The van der Waals surface area contributed by atoms with E-state index in [0.29, 0.717) is 12.6 Å². The van der Waals surface area contributed by atoms with Crippen LogP contribution >= 0.6 is 12.4 Å². The molecule has 2 aromatic carbocycles. The molecule has 2 aromatic rings. The summed E-state index contributed by atoms with van der Waals surface area (Å²) in [5.74, 6) is -2.64. The van der Waals surface area contributed by atoms with Crippen LogP contribution in [0.25, 0.3) is 0 Å². The Hall–Kier alpha value is -2.51. The summed E-state index contributed by atoms with van der Waals surface area (Å²) in [4.78, 5) is 26.3. The Morgan fingerprint density at radius 3 is 2.41 bits per heavy atom. The molecule has 0 saturated heterocycles. The first-order chi connectivity index (χ1) is 13.4. The molecule has 0 spiro atoms. The highest BCUT2D eigenvalue weighted by Gasteiger charge is 2.13. The fourth-order valence-electron chi connectivity index (χ4n) is 2.57. The van der Waals surface area contributed by atoms with E-state index in [4.69, 9.17) is 9.47 Å². The molecule has 8 heteroatoms. The van der Waals surface area contributed by atoms with Gasteiger partial charge in [-0.15, -0.1) is 12.4 Å². The lowest BCUT2D eigenvalue weighted by Crippen LogP contribution is -2.27. The van der Waals surface area contributed by atoms with Crippen molar-refractivity contribution in [2.75, 3.05) is 26.2 Å². The third-order valence-electron chi connectivity index (χ3n) is 4.19. The number of carbonyl (C=O) groups is 2. The van der Waals surface area contributed by atoms with Crippen LogP contribution in [0, 0.1) is 11.6 Å². The number of hydrogen-bond acceptors (Lipinski definition) is 5. The minimum absolute atomic E-state index is 0. The molecule has 5 nitrogen and oxygen atoms in total. The largest absolute Gasteiger partial charge is 0.461 e. The smallest absolute Gasteiger partial charge is 0.338 e. The van der Waals surface area contributed by atoms with Crippen LogP contribution in [-0.4, -0.2) is 43.1 Å². The van der Waals surface area contributed by atoms with Crippen LogP contribution in [-0.2, 0) is 16.0 Å². The molecule has 0 N–H and O–H groups in total. The van der Waals surface area contributed by atoms with Gasteiger partial charge in [-0.05, 0) is 42.9 Å². The van der Waals surface area contributed by atoms with Crippen molar-refractivity contribution in [3.05, 3.63) is 65.2 Å². The maximum absolute atomic E-state index is 13.6. The Morgan fingerprint density at radius 1 is 1.03 bits per heavy atom. The lowest BCUT2D eigenvalue weighted by Gasteiger charge is -2.17. The fourth-order valence-corrected chi connectivity index (χ4v) is 2.57. The molecule has 0 fully saturated rings. The van der Waals surface area contributed by atoms with Crippen LogP contribution in [0.1, 0.15) is 29.8 Å². The van der Waals surface area contributed by atoms with Crippen molar-refractivity contribution in [1.82, 2.24) is 4.90 Å². The Kier molecular flexibility index (Phi) is 10.3. The Bertz CT molecular complexity index is 828. The molecular formula is C21H24ClF2NO4. The summed E-state index contributed by atoms with van der Waals surface area (Å²) in [5, 5.41) is 0. The molecule has 0 saturated carbocycles. The highest BCUT2D eigenvalue weighted by Crippen LogP contribution is 2.16. The fraction of sp³-hybridized carbons (Fsp3) is 0.333. The molecule has 0 unspecified atom stereocenters. The molecule has 0 aliphatic rings. The minimum atomic E-state index is -0.817. The van der Waals surface area contributed by atoms with Crippen LogP contribution in [0.2, 0.25) is 0 Å². The molecule has 0 aliphatic heterocycles. The summed E-state index contributed by atoms with van der Waals surface area (Å²) in [5.41, 5.74) is 0.274. The van der Waals surface area contributed by atoms with Gasteiger partial charge in [-0.3, -0.25) is 4.79 Å². The van der Waals surface area contributed by atoms with Crippen molar-refractivity contribution in [2.24, 2.45) is 0 Å². The van der Waals surface area contributed by atoms with E-state index in [0.717, 1.165) is 19.2 Å². The van der Waals surface area contributed by atoms with Gasteiger partial charge in [-0.2, -0.15) is 0 Å². The van der Waals surface area contributed by atoms with E-state index in [1.54, 1.807) is 12.1 Å². The summed E-state index contributed by atoms with van der Waals surface area (Å²) < 4.78 is 37.0. The Balaban J connectivity index is 0.00000420. The van der Waals surface area contributed by atoms with E-state index >= 15 is 0 Å². The van der Waals surface area contributed by atoms with Crippen molar-refractivity contribution in [3.63, 3.8) is 0 Å². The zero-order valence-corrected chi connectivity index (χ0v) is 17.1. The lowest BCUT2D eigenvalue weighted by molar-refractivity contribution is -0.133. The molecule has 2 rings (SSSR count). The predicted molar refractivity (Wildman–Crippen MR) is 107 cm³/mol. The molecule has 29 heavy (non-hydrogen) atoms. The van der Waals surface area contributed by atoms with E-state index in [1.807, 2.05) is 13.8 Å². The van der Waals surface area contributed by atoms with Crippen LogP contribution in [0.3, 0.4) is 0 Å². The summed E-state index contributed by atoms with van der Waals surface area (Å²) in [6.45, 7) is 6.69. The number of likely N-dealkylation sites (N-methyl/N-ethyl adjacent to an activating group) is 1. The first-order valence-corrected chi connectivity index (χ1v) is 9.07. The molecule has 158 valence electrons. The highest BCUT2D eigenvalue weighted by atomic mass is 35.5. The van der Waals surface area contributed by atoms with E-state index in [-0.39, 0.29) is 42.3 Å². The second-order valence-corrected chi connectivity index (χ2v) is 6.08. The molecule has 0 radical (unpaired) electrons. The van der Waals surface area contributed by atoms with Crippen molar-refractivity contribution >= 4 is 24.3 Å². The first-order valence-electron chi connectivity index (χ1n) is 9.07. The second kappa shape index (κ2) is 12.1. The van der Waals surface area contributed by atoms with Crippen LogP contribution in [0.15, 0.2) is 42.5 Å². The third kappa shape index (κ3) is 7.79. The van der Waals surface area contributed by atoms with Crippen molar-refractivity contribution in [2.45, 2.75) is 20.3 Å². The number of nitrogens with zero attached hydrogens (tertiary/aromatic N) is 1. The van der Waals surface area contributed by atoms with Crippen LogP contribution in [0.5, 0.6) is 5.75 Å². The topological polar surface area (TPSA) is 55.8 Å². The number of carbonyl (C=O) groups excluding carboxylic acids is 2. The van der Waals surface area contributed by atoms with Gasteiger partial charge in [0.1, 0.15) is 24.0 Å². The number of rotatable bonds is 9. The van der Waals surface area contributed by atoms with Crippen molar-refractivity contribution in [3.8, 4) is 5.75 Å². The van der Waals surface area contributed by atoms with Gasteiger partial charge in [-0.1, -0.05) is 26.0 Å². The summed E-state index contributed by atoms with van der Waals surface area (Å²) >= 11 is 0. The molecular weight excluding hydrogens is 404 g/mol. The average Bonchev–Trinajstić information content (AvgIpc) is 2.67. The van der Waals surface area contributed by atoms with E-state index in [1.165, 1.54) is 18.2 Å². The lowest BCUT2D eigenvalue weighted by atomic mass is 10.1. The summed E-state index contributed by atoms with van der Waals surface area (Å²) in [6, 6.07) is 8.97. The van der Waals surface area contributed by atoms with E-state index < -0.39 is 23.6 Å². The van der Waals surface area contributed by atoms with Crippen molar-refractivity contribution in [1.29, 1.82) is 0 Å². The molecule has 0 atom stereocenters. The monoisotopic (exact) mass is 427 g/mol. The number of hydrogen-bond donors (Lipinski definition) is 0. The predicted octanol–water partition coefficient (Wildman–Crippen LogP) is 4.03. The number of ether oxygens (including phenoxy) is 2. The quantitative estimate of drug-likeness (QED) is 0.446. The Labute approximate surface area is 175 Å². The third-order valence-corrected chi connectivity index (χ3v) is 4.19. The van der Waals surface area contributed by atoms with E-state index in [2.05, 4.69) is 4.90 Å². The number of benzene rings is 2. The van der Waals surface area contributed by atoms with Gasteiger partial charge in [0, 0.05) is 12.6 Å². The van der Waals surface area contributed by atoms with Gasteiger partial charge in [-0.25, -0.2) is 13.6 Å². The van der Waals surface area contributed by atoms with Gasteiger partial charge in [0.15, 0.2) is 0 Å². The maximum atomic E-state index is 13.6. The van der Waals surface area contributed by atoms with Gasteiger partial charge in [0.2, 0.25) is 0 Å². The molecule has 0 bridgehead atoms. The molecule has 0 heterocycles. The van der Waals surface area contributed by atoms with Gasteiger partial charge in [0.05, 0.1) is 12.0 Å². The number of esters is 2.